The van der Waals surface area contributed by atoms with E-state index in [4.69, 9.17) is 0 Å². The Hall–Kier alpha value is -1.05. The summed E-state index contributed by atoms with van der Waals surface area (Å²) in [5.41, 5.74) is -0.891. The molecule has 6 heteroatoms. The quantitative estimate of drug-likeness (QED) is 0.723. The Labute approximate surface area is 108 Å². The molecular formula is C11H7F3INO. The predicted octanol–water partition coefficient (Wildman–Crippen LogP) is 3.46. The molecule has 17 heavy (non-hydrogen) atoms. The second kappa shape index (κ2) is 4.01. The number of benzene rings is 1. The van der Waals surface area contributed by atoms with Crippen LogP contribution in [0.1, 0.15) is 11.3 Å². The molecule has 0 amide bonds. The predicted molar refractivity (Wildman–Crippen MR) is 67.0 cm³/mol. The molecule has 0 fully saturated rings. The fraction of sp³-hybridized carbons (Fsp3) is 0.182. The van der Waals surface area contributed by atoms with E-state index in [0.717, 1.165) is 6.07 Å². The van der Waals surface area contributed by atoms with Crippen LogP contribution >= 0.6 is 22.6 Å². The maximum atomic E-state index is 12.8. The van der Waals surface area contributed by atoms with Crippen LogP contribution in [-0.4, -0.2) is 4.98 Å². The van der Waals surface area contributed by atoms with E-state index in [2.05, 4.69) is 4.98 Å². The van der Waals surface area contributed by atoms with Crippen molar-refractivity contribution in [1.29, 1.82) is 0 Å². The summed E-state index contributed by atoms with van der Waals surface area (Å²) in [5.74, 6) is 0. The Morgan fingerprint density at radius 2 is 1.94 bits per heavy atom. The number of aromatic nitrogens is 1. The molecule has 1 aromatic carbocycles. The van der Waals surface area contributed by atoms with Gasteiger partial charge in [-0.1, -0.05) is 6.07 Å². The van der Waals surface area contributed by atoms with E-state index in [0.29, 0.717) is 9.26 Å². The standard InChI is InChI=1S/C11H7F3INO/c1-5-8(15)10(17)6-3-2-4-7(9(6)16-5)11(12,13)14/h2-4H,1H3,(H,16,17). The molecule has 0 spiro atoms. The number of fused-ring (bicyclic) bond motifs is 1. The summed E-state index contributed by atoms with van der Waals surface area (Å²) in [6, 6.07) is 3.60. The van der Waals surface area contributed by atoms with Crippen LogP contribution in [0, 0.1) is 10.5 Å². The highest BCUT2D eigenvalue weighted by atomic mass is 127. The summed E-state index contributed by atoms with van der Waals surface area (Å²) in [7, 11) is 0. The van der Waals surface area contributed by atoms with Crippen molar-refractivity contribution in [2.75, 3.05) is 0 Å². The maximum Gasteiger partial charge on any atom is 0.418 e. The number of para-hydroxylation sites is 1. The minimum absolute atomic E-state index is 0.0647. The van der Waals surface area contributed by atoms with Crippen LogP contribution in [0.4, 0.5) is 13.2 Å². The molecule has 1 heterocycles. The molecule has 0 atom stereocenters. The van der Waals surface area contributed by atoms with Crippen molar-refractivity contribution in [3.8, 4) is 0 Å². The van der Waals surface area contributed by atoms with E-state index in [1.807, 2.05) is 22.6 Å². The Kier molecular flexibility index (Phi) is 2.92. The normalized spacial score (nSPS) is 12.1. The fourth-order valence-corrected chi connectivity index (χ4v) is 2.07. The number of rotatable bonds is 0. The number of halogens is 4. The average molecular weight is 353 g/mol. The van der Waals surface area contributed by atoms with Crippen LogP contribution in [-0.2, 0) is 6.18 Å². The van der Waals surface area contributed by atoms with E-state index >= 15 is 0 Å². The number of nitrogens with one attached hydrogen (secondary N) is 1. The van der Waals surface area contributed by atoms with Gasteiger partial charge in [0.15, 0.2) is 0 Å². The Bertz CT molecular complexity index is 645. The van der Waals surface area contributed by atoms with Gasteiger partial charge in [0.1, 0.15) is 0 Å². The lowest BCUT2D eigenvalue weighted by Crippen LogP contribution is -2.14. The van der Waals surface area contributed by atoms with Crippen molar-refractivity contribution in [3.63, 3.8) is 0 Å². The van der Waals surface area contributed by atoms with Gasteiger partial charge in [-0.3, -0.25) is 4.79 Å². The zero-order chi connectivity index (χ0) is 12.8. The number of hydrogen-bond donors (Lipinski definition) is 1. The lowest BCUT2D eigenvalue weighted by Gasteiger charge is -2.11. The van der Waals surface area contributed by atoms with Crippen LogP contribution < -0.4 is 5.43 Å². The number of alkyl halides is 3. The van der Waals surface area contributed by atoms with E-state index in [1.54, 1.807) is 6.92 Å². The summed E-state index contributed by atoms with van der Waals surface area (Å²) >= 11 is 1.82. The van der Waals surface area contributed by atoms with Crippen molar-refractivity contribution in [3.05, 3.63) is 43.2 Å². The fourth-order valence-electron chi connectivity index (χ4n) is 1.64. The third-order valence-electron chi connectivity index (χ3n) is 2.46. The van der Waals surface area contributed by atoms with Crippen LogP contribution in [0.15, 0.2) is 23.0 Å². The molecule has 90 valence electrons. The topological polar surface area (TPSA) is 32.9 Å². The molecule has 0 bridgehead atoms. The number of aryl methyl sites for hydroxylation is 1. The molecule has 0 unspecified atom stereocenters. The maximum absolute atomic E-state index is 12.8. The minimum atomic E-state index is -4.47. The van der Waals surface area contributed by atoms with Crippen LogP contribution in [0.3, 0.4) is 0 Å². The number of hydrogen-bond acceptors (Lipinski definition) is 1. The summed E-state index contributed by atoms with van der Waals surface area (Å²) < 4.78 is 38.7. The molecule has 1 aromatic heterocycles. The van der Waals surface area contributed by atoms with Crippen LogP contribution in [0.25, 0.3) is 10.9 Å². The molecule has 0 saturated carbocycles. The van der Waals surface area contributed by atoms with Gasteiger partial charge >= 0.3 is 6.18 Å². The monoisotopic (exact) mass is 353 g/mol. The summed E-state index contributed by atoms with van der Waals surface area (Å²) in [4.78, 5) is 14.5. The second-order valence-corrected chi connectivity index (χ2v) is 4.70. The highest BCUT2D eigenvalue weighted by Crippen LogP contribution is 2.33. The first kappa shape index (κ1) is 12.4. The Balaban J connectivity index is 2.97. The first-order chi connectivity index (χ1) is 7.82. The number of aromatic amines is 1. The smallest absolute Gasteiger partial charge is 0.357 e. The third-order valence-corrected chi connectivity index (χ3v) is 3.75. The first-order valence-electron chi connectivity index (χ1n) is 4.70. The van der Waals surface area contributed by atoms with Crippen molar-refractivity contribution < 1.29 is 13.2 Å². The average Bonchev–Trinajstić information content (AvgIpc) is 2.24. The van der Waals surface area contributed by atoms with Gasteiger partial charge in [0.2, 0.25) is 5.43 Å². The molecule has 0 aliphatic carbocycles. The molecule has 0 saturated heterocycles. The molecule has 0 aliphatic rings. The van der Waals surface area contributed by atoms with E-state index in [1.165, 1.54) is 12.1 Å². The summed E-state index contributed by atoms with van der Waals surface area (Å²) in [6.07, 6.45) is -4.47. The molecule has 2 rings (SSSR count). The summed E-state index contributed by atoms with van der Waals surface area (Å²) in [5, 5.41) is 0.0647. The van der Waals surface area contributed by atoms with Gasteiger partial charge in [0, 0.05) is 11.1 Å². The zero-order valence-electron chi connectivity index (χ0n) is 8.65. The van der Waals surface area contributed by atoms with Crippen molar-refractivity contribution in [2.45, 2.75) is 13.1 Å². The molecule has 0 aliphatic heterocycles. The van der Waals surface area contributed by atoms with Crippen molar-refractivity contribution in [1.82, 2.24) is 4.98 Å². The number of H-pyrrole nitrogens is 1. The van der Waals surface area contributed by atoms with Gasteiger partial charge in [-0.25, -0.2) is 0 Å². The molecule has 2 nitrogen and oxygen atoms in total. The zero-order valence-corrected chi connectivity index (χ0v) is 10.8. The van der Waals surface area contributed by atoms with Crippen LogP contribution in [0.2, 0.25) is 0 Å². The Morgan fingerprint density at radius 1 is 1.29 bits per heavy atom. The molecular weight excluding hydrogens is 346 g/mol. The lowest BCUT2D eigenvalue weighted by molar-refractivity contribution is -0.136. The Morgan fingerprint density at radius 3 is 2.53 bits per heavy atom. The van der Waals surface area contributed by atoms with Crippen molar-refractivity contribution in [2.24, 2.45) is 0 Å². The van der Waals surface area contributed by atoms with Gasteiger partial charge < -0.3 is 4.98 Å². The van der Waals surface area contributed by atoms with E-state index in [-0.39, 0.29) is 16.3 Å². The van der Waals surface area contributed by atoms with Gasteiger partial charge in [0.25, 0.3) is 0 Å². The van der Waals surface area contributed by atoms with E-state index < -0.39 is 11.7 Å². The van der Waals surface area contributed by atoms with Gasteiger partial charge in [-0.15, -0.1) is 0 Å². The molecule has 2 aromatic rings. The first-order valence-corrected chi connectivity index (χ1v) is 5.78. The van der Waals surface area contributed by atoms with Crippen molar-refractivity contribution >= 4 is 33.5 Å². The lowest BCUT2D eigenvalue weighted by atomic mass is 10.1. The third kappa shape index (κ3) is 2.05. The van der Waals surface area contributed by atoms with E-state index in [9.17, 15) is 18.0 Å². The van der Waals surface area contributed by atoms with Gasteiger partial charge in [0.05, 0.1) is 14.7 Å². The molecule has 0 radical (unpaired) electrons. The second-order valence-electron chi connectivity index (χ2n) is 3.62. The largest absolute Gasteiger partial charge is 0.418 e. The SMILES string of the molecule is Cc1[nH]c2c(C(F)(F)F)cccc2c(=O)c1I. The van der Waals surface area contributed by atoms with Gasteiger partial charge in [-0.05, 0) is 41.6 Å². The highest BCUT2D eigenvalue weighted by Gasteiger charge is 2.33. The summed E-state index contributed by atoms with van der Waals surface area (Å²) in [6.45, 7) is 1.58. The van der Waals surface area contributed by atoms with Gasteiger partial charge in [-0.2, -0.15) is 13.2 Å². The van der Waals surface area contributed by atoms with Crippen LogP contribution in [0.5, 0.6) is 0 Å². The minimum Gasteiger partial charge on any atom is -0.357 e. The highest BCUT2D eigenvalue weighted by molar-refractivity contribution is 14.1. The number of pyridine rings is 1. The molecule has 1 N–H and O–H groups in total.